The van der Waals surface area contributed by atoms with Crippen molar-refractivity contribution in [3.63, 3.8) is 0 Å². The lowest BCUT2D eigenvalue weighted by Gasteiger charge is -2.36. The molecule has 10 nitrogen and oxygen atoms in total. The maximum Gasteiger partial charge on any atom is 0.347 e. The molecule has 0 saturated heterocycles. The molecule has 4 atom stereocenters. The highest BCUT2D eigenvalue weighted by molar-refractivity contribution is 6.74. The molecule has 1 aliphatic heterocycles. The van der Waals surface area contributed by atoms with Gasteiger partial charge in [0, 0.05) is 31.9 Å². The lowest BCUT2D eigenvalue weighted by Crippen LogP contribution is -2.51. The first-order chi connectivity index (χ1) is 26.1. The van der Waals surface area contributed by atoms with E-state index < -0.39 is 55.7 Å². The molecule has 2 amide bonds. The Balaban J connectivity index is 1.85. The highest BCUT2D eigenvalue weighted by Gasteiger charge is 2.38. The maximum absolute atomic E-state index is 13.7. The Bertz CT molecular complexity index is 1710. The summed E-state index contributed by atoms with van der Waals surface area (Å²) < 4.78 is 23.5. The number of hydrogen-bond donors (Lipinski definition) is 2. The summed E-state index contributed by atoms with van der Waals surface area (Å²) in [7, 11) is -0.307. The number of carbonyl (C=O) groups is 4. The molecular weight excluding hydrogens is 748 g/mol. The van der Waals surface area contributed by atoms with Crippen LogP contribution in [0.1, 0.15) is 84.9 Å². The number of benzene rings is 2. The van der Waals surface area contributed by atoms with Crippen LogP contribution in [0, 0.1) is 17.3 Å². The van der Waals surface area contributed by atoms with E-state index in [0.29, 0.717) is 22.9 Å². The van der Waals surface area contributed by atoms with E-state index in [2.05, 4.69) is 56.6 Å². The second kappa shape index (κ2) is 20.5. The van der Waals surface area contributed by atoms with Crippen LogP contribution in [-0.2, 0) is 45.9 Å². The van der Waals surface area contributed by atoms with Crippen molar-refractivity contribution in [2.24, 2.45) is 17.3 Å². The molecule has 308 valence electrons. The highest BCUT2D eigenvalue weighted by atomic mass is 35.5. The fourth-order valence-corrected chi connectivity index (χ4v) is 6.97. The molecule has 0 spiro atoms. The number of carbonyl (C=O) groups excluding carboxylic acids is 4. The van der Waals surface area contributed by atoms with Gasteiger partial charge in [-0.15, -0.1) is 0 Å². The molecule has 0 aromatic heterocycles. The molecule has 56 heavy (non-hydrogen) atoms. The van der Waals surface area contributed by atoms with Crippen LogP contribution in [0.5, 0.6) is 5.75 Å². The number of rotatable bonds is 12. The average Bonchev–Trinajstić information content (AvgIpc) is 3.11. The van der Waals surface area contributed by atoms with Crippen molar-refractivity contribution in [1.82, 2.24) is 10.6 Å². The smallest absolute Gasteiger partial charge is 0.347 e. The van der Waals surface area contributed by atoms with Crippen molar-refractivity contribution in [2.75, 3.05) is 20.3 Å². The number of methoxy groups -OCH3 is 1. The number of halogens is 1. The van der Waals surface area contributed by atoms with Crippen molar-refractivity contribution in [3.8, 4) is 5.75 Å². The van der Waals surface area contributed by atoms with Crippen LogP contribution in [-0.4, -0.2) is 70.6 Å². The first-order valence-corrected chi connectivity index (χ1v) is 22.8. The molecule has 12 heteroatoms. The summed E-state index contributed by atoms with van der Waals surface area (Å²) in [5, 5.41) is 6.10. The number of hydrogen-bond acceptors (Lipinski definition) is 8. The third kappa shape index (κ3) is 14.2. The van der Waals surface area contributed by atoms with Gasteiger partial charge in [-0.05, 0) is 85.6 Å². The van der Waals surface area contributed by atoms with Crippen LogP contribution < -0.4 is 15.4 Å². The molecule has 1 aliphatic rings. The average molecular weight is 812 g/mol. The Morgan fingerprint density at radius 1 is 1.00 bits per heavy atom. The fourth-order valence-electron chi connectivity index (χ4n) is 5.64. The summed E-state index contributed by atoms with van der Waals surface area (Å²) in [5.74, 6) is -2.10. The zero-order valence-electron chi connectivity index (χ0n) is 35.1. The van der Waals surface area contributed by atoms with Gasteiger partial charge in [0.25, 0.3) is 0 Å². The Morgan fingerprint density at radius 2 is 1.66 bits per heavy atom. The van der Waals surface area contributed by atoms with Gasteiger partial charge in [-0.2, -0.15) is 0 Å². The SMILES string of the molecule is COc1ccc(C[C@H]2NC(=O)/C=C/C[C@@H]([C@H](C)/C=C/c3ccc(CCO[Si](C)(C)C(C)(C)C)cc3)OC(=O)[C@H](CC(C)C)OC(=O)C(C)(C)CNC2=O)cc1Cl. The summed E-state index contributed by atoms with van der Waals surface area (Å²) in [6.07, 6.45) is 6.46. The van der Waals surface area contributed by atoms with Gasteiger partial charge >= 0.3 is 11.9 Å². The van der Waals surface area contributed by atoms with Gasteiger partial charge < -0.3 is 29.3 Å². The standard InChI is InChI=1S/C44H63ClN2O8Si/c1-29(2)25-38-41(50)54-36(30(3)15-16-31-17-19-32(20-18-31)23-24-53-56(10,11)43(4,5)6)13-12-14-39(48)47-35(27-33-21-22-37(52-9)34(45)26-33)40(49)46-28-44(7,8)42(51)55-38/h12,14-22,26,29-30,35-36,38H,13,23-25,27-28H2,1-11H3,(H,46,49)(H,47,48)/b14-12+,16-15+/t30-,35-,36+,38+/m1/s1. The van der Waals surface area contributed by atoms with Crippen LogP contribution in [0.4, 0.5) is 0 Å². The topological polar surface area (TPSA) is 129 Å². The summed E-state index contributed by atoms with van der Waals surface area (Å²) in [6, 6.07) is 12.4. The van der Waals surface area contributed by atoms with Gasteiger partial charge in [0.15, 0.2) is 14.4 Å². The first-order valence-electron chi connectivity index (χ1n) is 19.5. The fraction of sp³-hybridized carbons (Fsp3) is 0.545. The van der Waals surface area contributed by atoms with Crippen LogP contribution in [0.2, 0.25) is 23.2 Å². The molecule has 0 saturated carbocycles. The minimum absolute atomic E-state index is 0.0157. The summed E-state index contributed by atoms with van der Waals surface area (Å²) >= 11 is 6.35. The van der Waals surface area contributed by atoms with Gasteiger partial charge in [-0.3, -0.25) is 14.4 Å². The van der Waals surface area contributed by atoms with E-state index >= 15 is 0 Å². The normalized spacial score (nSPS) is 21.6. The molecule has 0 bridgehead atoms. The Hall–Kier alpha value is -3.93. The minimum Gasteiger partial charge on any atom is -0.495 e. The first kappa shape index (κ1) is 46.4. The second-order valence-corrected chi connectivity index (χ2v) is 22.5. The van der Waals surface area contributed by atoms with Crippen LogP contribution in [0.3, 0.4) is 0 Å². The van der Waals surface area contributed by atoms with Crippen LogP contribution in [0.25, 0.3) is 6.08 Å². The molecule has 1 heterocycles. The van der Waals surface area contributed by atoms with Crippen molar-refractivity contribution in [2.45, 2.75) is 117 Å². The summed E-state index contributed by atoms with van der Waals surface area (Å²) in [6.45, 7) is 20.8. The van der Waals surface area contributed by atoms with Gasteiger partial charge in [0.1, 0.15) is 17.9 Å². The van der Waals surface area contributed by atoms with Gasteiger partial charge in [0.05, 0.1) is 17.5 Å². The quantitative estimate of drug-likeness (QED) is 0.162. The molecule has 2 aromatic rings. The Morgan fingerprint density at radius 3 is 2.27 bits per heavy atom. The molecule has 0 radical (unpaired) electrons. The van der Waals surface area contributed by atoms with E-state index in [1.807, 2.05) is 45.1 Å². The lowest BCUT2D eigenvalue weighted by atomic mass is 9.93. The molecule has 0 unspecified atom stereocenters. The molecular formula is C44H63ClN2O8Si. The Kier molecular flexibility index (Phi) is 17.0. The van der Waals surface area contributed by atoms with Crippen molar-refractivity contribution in [3.05, 3.63) is 82.4 Å². The number of cyclic esters (lactones) is 2. The van der Waals surface area contributed by atoms with Crippen molar-refractivity contribution < 1.29 is 37.8 Å². The van der Waals surface area contributed by atoms with Gasteiger partial charge in [0.2, 0.25) is 11.8 Å². The summed E-state index contributed by atoms with van der Waals surface area (Å²) in [5.41, 5.74) is 1.66. The molecule has 0 aliphatic carbocycles. The zero-order chi connectivity index (χ0) is 41.8. The second-order valence-electron chi connectivity index (χ2n) is 17.3. The molecule has 2 aromatic carbocycles. The highest BCUT2D eigenvalue weighted by Crippen LogP contribution is 2.36. The third-order valence-electron chi connectivity index (χ3n) is 10.5. The number of nitrogens with one attached hydrogen (secondary N) is 2. The van der Waals surface area contributed by atoms with E-state index in [4.69, 9.17) is 30.2 Å². The van der Waals surface area contributed by atoms with E-state index in [-0.39, 0.29) is 42.7 Å². The number of ether oxygens (including phenoxy) is 3. The van der Waals surface area contributed by atoms with Gasteiger partial charge in [-0.25, -0.2) is 4.79 Å². The molecule has 0 fully saturated rings. The van der Waals surface area contributed by atoms with Crippen LogP contribution >= 0.6 is 11.6 Å². The molecule has 3 rings (SSSR count). The number of esters is 2. The summed E-state index contributed by atoms with van der Waals surface area (Å²) in [4.78, 5) is 54.0. The van der Waals surface area contributed by atoms with E-state index in [1.54, 1.807) is 38.1 Å². The van der Waals surface area contributed by atoms with E-state index in [0.717, 1.165) is 12.0 Å². The number of amides is 2. The van der Waals surface area contributed by atoms with E-state index in [1.165, 1.54) is 18.7 Å². The predicted molar refractivity (Wildman–Crippen MR) is 225 cm³/mol. The van der Waals surface area contributed by atoms with E-state index in [9.17, 15) is 19.2 Å². The van der Waals surface area contributed by atoms with Gasteiger partial charge in [-0.1, -0.05) is 102 Å². The Labute approximate surface area is 340 Å². The lowest BCUT2D eigenvalue weighted by molar-refractivity contribution is -0.178. The van der Waals surface area contributed by atoms with Crippen LogP contribution in [0.15, 0.2) is 60.7 Å². The maximum atomic E-state index is 13.7. The minimum atomic E-state index is -1.82. The zero-order valence-corrected chi connectivity index (χ0v) is 36.9. The monoisotopic (exact) mass is 810 g/mol. The van der Waals surface area contributed by atoms with Crippen molar-refractivity contribution in [1.29, 1.82) is 0 Å². The molecule has 2 N–H and O–H groups in total. The predicted octanol–water partition coefficient (Wildman–Crippen LogP) is 8.26. The van der Waals surface area contributed by atoms with Crippen molar-refractivity contribution >= 4 is 49.7 Å². The third-order valence-corrected chi connectivity index (χ3v) is 15.3. The largest absolute Gasteiger partial charge is 0.495 e.